The maximum atomic E-state index is 12.7. The molecule has 1 atom stereocenters. The minimum atomic E-state index is -3.69. The van der Waals surface area contributed by atoms with Crippen LogP contribution in [0.4, 0.5) is 0 Å². The number of hydrogen-bond acceptors (Lipinski definition) is 7. The zero-order valence-corrected chi connectivity index (χ0v) is 19.1. The molecule has 166 valence electrons. The number of benzene rings is 1. The Morgan fingerprint density at radius 3 is 2.61 bits per heavy atom. The van der Waals surface area contributed by atoms with Crippen molar-refractivity contribution >= 4 is 30.9 Å². The van der Waals surface area contributed by atoms with Crippen molar-refractivity contribution in [2.24, 2.45) is 0 Å². The summed E-state index contributed by atoms with van der Waals surface area (Å²) in [5.74, 6) is 0.452. The molecule has 2 N–H and O–H groups in total. The van der Waals surface area contributed by atoms with E-state index in [1.165, 1.54) is 11.1 Å². The number of H-pyrrole nitrogens is 1. The van der Waals surface area contributed by atoms with Crippen molar-refractivity contribution in [3.8, 4) is 0 Å². The Morgan fingerprint density at radius 2 is 2.03 bits per heavy atom. The van der Waals surface area contributed by atoms with Crippen molar-refractivity contribution in [1.82, 2.24) is 14.9 Å². The Kier molecular flexibility index (Phi) is 8.94. The lowest BCUT2D eigenvalue weighted by molar-refractivity contribution is -0.116. The molecule has 2 rings (SSSR count). The Labute approximate surface area is 184 Å². The molecule has 1 amide bonds. The molecule has 0 radical (unpaired) electrons. The van der Waals surface area contributed by atoms with Crippen LogP contribution in [0.5, 0.6) is 0 Å². The van der Waals surface area contributed by atoms with Gasteiger partial charge in [0, 0.05) is 35.4 Å². The molecule has 0 saturated heterocycles. The van der Waals surface area contributed by atoms with E-state index in [1.807, 2.05) is 0 Å². The third kappa shape index (κ3) is 7.91. The Hall–Kier alpha value is -2.52. The number of carbonyl (C=O) groups excluding carboxylic acids is 2. The van der Waals surface area contributed by atoms with E-state index in [0.29, 0.717) is 28.4 Å². The summed E-state index contributed by atoms with van der Waals surface area (Å²) in [6.07, 6.45) is 2.07. The summed E-state index contributed by atoms with van der Waals surface area (Å²) in [6, 6.07) is 8.60. The monoisotopic (exact) mass is 465 g/mol. The quantitative estimate of drug-likeness (QED) is 0.405. The highest BCUT2D eigenvalue weighted by atomic mass is 32.2. The molecular formula is C20H24N3O6PS. The van der Waals surface area contributed by atoms with Gasteiger partial charge < -0.3 is 19.3 Å². The lowest BCUT2D eigenvalue weighted by Gasteiger charge is -2.21. The predicted molar refractivity (Wildman–Crippen MR) is 119 cm³/mol. The van der Waals surface area contributed by atoms with Crippen LogP contribution in [-0.4, -0.2) is 44.6 Å². The molecule has 2 aromatic rings. The topological polar surface area (TPSA) is 130 Å². The Balaban J connectivity index is 2.31. The summed E-state index contributed by atoms with van der Waals surface area (Å²) in [6.45, 7) is 4.18. The number of aromatic nitrogens is 2. The number of thioether (sulfide) groups is 1. The highest BCUT2D eigenvalue weighted by molar-refractivity contribution is 8.17. The summed E-state index contributed by atoms with van der Waals surface area (Å²) in [5.41, 5.74) is 0.813. The number of allylic oxidation sites excluding steroid dienone is 1. The van der Waals surface area contributed by atoms with E-state index >= 15 is 0 Å². The van der Waals surface area contributed by atoms with Crippen LogP contribution in [0.3, 0.4) is 0 Å². The van der Waals surface area contributed by atoms with Gasteiger partial charge in [-0.3, -0.25) is 18.9 Å². The number of hydrogen-bond donors (Lipinski definition) is 2. The van der Waals surface area contributed by atoms with Crippen molar-refractivity contribution in [2.45, 2.75) is 26.8 Å². The van der Waals surface area contributed by atoms with E-state index < -0.39 is 7.60 Å². The van der Waals surface area contributed by atoms with Gasteiger partial charge in [-0.2, -0.15) is 0 Å². The van der Waals surface area contributed by atoms with Crippen LogP contribution in [0.2, 0.25) is 0 Å². The predicted octanol–water partition coefficient (Wildman–Crippen LogP) is 3.06. The molecule has 1 unspecified atom stereocenters. The zero-order chi connectivity index (χ0) is 23.0. The molecule has 1 aromatic heterocycles. The summed E-state index contributed by atoms with van der Waals surface area (Å²) in [5, 5.41) is -0.251. The lowest BCUT2D eigenvalue weighted by Crippen LogP contribution is -2.26. The lowest BCUT2D eigenvalue weighted by atomic mass is 10.2. The molecular weight excluding hydrogens is 441 g/mol. The summed E-state index contributed by atoms with van der Waals surface area (Å²) >= 11 is 0.905. The average molecular weight is 465 g/mol. The first-order valence-electron chi connectivity index (χ1n) is 9.29. The minimum absolute atomic E-state index is 0.0470. The molecule has 0 aliphatic rings. The van der Waals surface area contributed by atoms with E-state index in [4.69, 9.17) is 4.52 Å². The van der Waals surface area contributed by atoms with E-state index in [0.717, 1.165) is 18.4 Å². The maximum Gasteiger partial charge on any atom is 0.325 e. The van der Waals surface area contributed by atoms with Crippen LogP contribution in [0.25, 0.3) is 0 Å². The largest absolute Gasteiger partial charge is 0.325 e. The van der Waals surface area contributed by atoms with Crippen molar-refractivity contribution in [3.05, 3.63) is 74.4 Å². The van der Waals surface area contributed by atoms with Crippen LogP contribution >= 0.6 is 19.4 Å². The van der Waals surface area contributed by atoms with Crippen LogP contribution in [0.15, 0.2) is 51.9 Å². The van der Waals surface area contributed by atoms with Crippen molar-refractivity contribution < 1.29 is 23.6 Å². The van der Waals surface area contributed by atoms with Gasteiger partial charge >= 0.3 is 7.60 Å². The molecule has 31 heavy (non-hydrogen) atoms. The molecule has 1 heterocycles. The first kappa shape index (κ1) is 24.7. The molecule has 0 spiro atoms. The molecule has 1 aromatic carbocycles. The summed E-state index contributed by atoms with van der Waals surface area (Å²) in [4.78, 5) is 54.3. The number of nitrogens with one attached hydrogen (secondary N) is 1. The molecule has 11 heteroatoms. The average Bonchev–Trinajstić information content (AvgIpc) is 2.71. The SMILES string of the molecule is C/C(=C(/CCOP(C)(=O)O)SC(=O)c1ccccc1)N(C=O)Cc1cnc(C)[nH]c1=O. The molecule has 0 saturated carbocycles. The smallest absolute Gasteiger partial charge is 0.324 e. The van der Waals surface area contributed by atoms with Crippen LogP contribution in [0, 0.1) is 6.92 Å². The molecule has 0 aliphatic carbocycles. The standard InChI is InChI=1S/C20H24N3O6PS/c1-14(23(13-24)12-17-11-21-15(2)22-19(17)25)18(9-10-29-30(3,27)28)31-20(26)16-7-5-4-6-8-16/h4-8,11,13H,9-10,12H2,1-3H3,(H,27,28)(H,21,22,25)/b18-14+. The highest BCUT2D eigenvalue weighted by Gasteiger charge is 2.19. The number of nitrogens with zero attached hydrogens (tertiary/aromatic N) is 2. The fourth-order valence-electron chi connectivity index (χ4n) is 2.56. The molecule has 0 bridgehead atoms. The normalized spacial score (nSPS) is 13.8. The fraction of sp³-hybridized carbons (Fsp3) is 0.300. The number of amides is 1. The maximum absolute atomic E-state index is 12.7. The third-order valence-electron chi connectivity index (χ3n) is 4.19. The van der Waals surface area contributed by atoms with E-state index in [9.17, 15) is 23.8 Å². The molecule has 0 fully saturated rings. The number of carbonyl (C=O) groups is 2. The van der Waals surface area contributed by atoms with Gasteiger partial charge in [0.1, 0.15) is 5.82 Å². The third-order valence-corrected chi connectivity index (χ3v) is 6.02. The molecule has 0 aliphatic heterocycles. The van der Waals surface area contributed by atoms with Gasteiger partial charge in [-0.1, -0.05) is 30.3 Å². The second kappa shape index (κ2) is 11.2. The van der Waals surface area contributed by atoms with Gasteiger partial charge in [-0.15, -0.1) is 0 Å². The van der Waals surface area contributed by atoms with Crippen molar-refractivity contribution in [2.75, 3.05) is 13.3 Å². The summed E-state index contributed by atoms with van der Waals surface area (Å²) in [7, 11) is -3.69. The number of aromatic amines is 1. The van der Waals surface area contributed by atoms with E-state index in [-0.39, 0.29) is 35.8 Å². The van der Waals surface area contributed by atoms with E-state index in [2.05, 4.69) is 9.97 Å². The fourth-order valence-corrected chi connectivity index (χ4v) is 3.92. The van der Waals surface area contributed by atoms with Gasteiger partial charge in [0.05, 0.1) is 18.7 Å². The first-order valence-corrected chi connectivity index (χ1v) is 12.1. The highest BCUT2D eigenvalue weighted by Crippen LogP contribution is 2.38. The second-order valence-electron chi connectivity index (χ2n) is 6.71. The second-order valence-corrected chi connectivity index (χ2v) is 9.64. The first-order chi connectivity index (χ1) is 14.6. The van der Waals surface area contributed by atoms with Gasteiger partial charge in [0.2, 0.25) is 11.5 Å². The van der Waals surface area contributed by atoms with E-state index in [1.54, 1.807) is 44.2 Å². The van der Waals surface area contributed by atoms with Crippen LogP contribution in [-0.2, 0) is 20.4 Å². The number of aryl methyl sites for hydroxylation is 1. The van der Waals surface area contributed by atoms with Gasteiger partial charge in [-0.25, -0.2) is 4.98 Å². The Morgan fingerprint density at radius 1 is 1.35 bits per heavy atom. The van der Waals surface area contributed by atoms with Gasteiger partial charge in [0.15, 0.2) is 0 Å². The minimum Gasteiger partial charge on any atom is -0.324 e. The number of rotatable bonds is 10. The Bertz CT molecular complexity index is 1060. The van der Waals surface area contributed by atoms with Crippen molar-refractivity contribution in [3.63, 3.8) is 0 Å². The van der Waals surface area contributed by atoms with Crippen molar-refractivity contribution in [1.29, 1.82) is 0 Å². The zero-order valence-electron chi connectivity index (χ0n) is 17.4. The van der Waals surface area contributed by atoms with Gasteiger partial charge in [-0.05, 0) is 25.6 Å². The van der Waals surface area contributed by atoms with Gasteiger partial charge in [0.25, 0.3) is 5.56 Å². The summed E-state index contributed by atoms with van der Waals surface area (Å²) < 4.78 is 16.4. The molecule has 9 nitrogen and oxygen atoms in total. The van der Waals surface area contributed by atoms with Crippen LogP contribution in [0.1, 0.15) is 35.1 Å². The van der Waals surface area contributed by atoms with Crippen LogP contribution < -0.4 is 5.56 Å².